The molecule has 1 unspecified atom stereocenters. The van der Waals surface area contributed by atoms with Crippen molar-refractivity contribution in [3.63, 3.8) is 0 Å². The molecule has 1 heterocycles. The molecule has 16 heavy (non-hydrogen) atoms. The molecular formula is C13H20N2O. The van der Waals surface area contributed by atoms with Crippen LogP contribution < -0.4 is 4.90 Å². The second kappa shape index (κ2) is 4.85. The van der Waals surface area contributed by atoms with E-state index in [9.17, 15) is 0 Å². The summed E-state index contributed by atoms with van der Waals surface area (Å²) in [6, 6.07) is 8.76. The molecule has 1 aliphatic heterocycles. The number of anilines is 1. The van der Waals surface area contributed by atoms with Crippen LogP contribution in [0.4, 0.5) is 5.69 Å². The Labute approximate surface area is 97.3 Å². The Kier molecular flexibility index (Phi) is 3.46. The van der Waals surface area contributed by atoms with Crippen LogP contribution in [0.15, 0.2) is 24.3 Å². The van der Waals surface area contributed by atoms with Gasteiger partial charge in [-0.1, -0.05) is 12.1 Å². The van der Waals surface area contributed by atoms with Gasteiger partial charge in [0.2, 0.25) is 0 Å². The van der Waals surface area contributed by atoms with Crippen molar-refractivity contribution >= 4 is 5.69 Å². The van der Waals surface area contributed by atoms with Gasteiger partial charge in [0.15, 0.2) is 0 Å². The third kappa shape index (κ3) is 2.36. The summed E-state index contributed by atoms with van der Waals surface area (Å²) >= 11 is 0. The molecule has 3 heteroatoms. The highest BCUT2D eigenvalue weighted by molar-refractivity contribution is 5.49. The van der Waals surface area contributed by atoms with Crippen LogP contribution in [0.25, 0.3) is 0 Å². The van der Waals surface area contributed by atoms with E-state index in [0.29, 0.717) is 6.04 Å². The van der Waals surface area contributed by atoms with Crippen molar-refractivity contribution in [1.29, 1.82) is 0 Å². The normalized spacial score (nSPS) is 22.4. The van der Waals surface area contributed by atoms with Crippen molar-refractivity contribution in [2.24, 2.45) is 0 Å². The molecule has 0 radical (unpaired) electrons. The number of nitrogens with zero attached hydrogens (tertiary/aromatic N) is 2. The lowest BCUT2D eigenvalue weighted by molar-refractivity contribution is 0.275. The van der Waals surface area contributed by atoms with Gasteiger partial charge in [-0.05, 0) is 31.7 Å². The summed E-state index contributed by atoms with van der Waals surface area (Å²) < 4.78 is 0. The molecule has 0 amide bonds. The zero-order valence-corrected chi connectivity index (χ0v) is 10.1. The number of aliphatic hydroxyl groups excluding tert-OH is 1. The number of hydrogen-bond donors (Lipinski definition) is 1. The zero-order valence-electron chi connectivity index (χ0n) is 10.1. The molecule has 88 valence electrons. The third-order valence-corrected chi connectivity index (χ3v) is 3.28. The average molecular weight is 220 g/mol. The zero-order chi connectivity index (χ0) is 11.5. The molecule has 2 rings (SSSR count). The third-order valence-electron chi connectivity index (χ3n) is 3.28. The maximum atomic E-state index is 9.01. The van der Waals surface area contributed by atoms with Crippen molar-refractivity contribution in [1.82, 2.24) is 4.90 Å². The average Bonchev–Trinajstić information content (AvgIpc) is 2.29. The number of hydrogen-bond acceptors (Lipinski definition) is 3. The minimum atomic E-state index is 0.124. The topological polar surface area (TPSA) is 26.7 Å². The van der Waals surface area contributed by atoms with Crippen molar-refractivity contribution in [2.75, 3.05) is 31.6 Å². The van der Waals surface area contributed by atoms with Crippen LogP contribution in [0, 0.1) is 0 Å². The lowest BCUT2D eigenvalue weighted by Crippen LogP contribution is -2.50. The van der Waals surface area contributed by atoms with E-state index in [0.717, 1.165) is 25.2 Å². The number of likely N-dealkylation sites (N-methyl/N-ethyl adjacent to an activating group) is 1. The molecule has 0 aliphatic carbocycles. The van der Waals surface area contributed by atoms with Gasteiger partial charge in [-0.25, -0.2) is 0 Å². The maximum absolute atomic E-state index is 9.01. The van der Waals surface area contributed by atoms with Crippen LogP contribution in [0.5, 0.6) is 0 Å². The molecule has 1 aromatic rings. The molecule has 3 nitrogen and oxygen atoms in total. The number of aliphatic hydroxyl groups is 1. The van der Waals surface area contributed by atoms with Gasteiger partial charge < -0.3 is 14.9 Å². The van der Waals surface area contributed by atoms with Gasteiger partial charge in [0.25, 0.3) is 0 Å². The number of benzene rings is 1. The maximum Gasteiger partial charge on any atom is 0.0681 e. The van der Waals surface area contributed by atoms with Crippen LogP contribution in [-0.2, 0) is 6.61 Å². The monoisotopic (exact) mass is 220 g/mol. The van der Waals surface area contributed by atoms with Gasteiger partial charge in [-0.3, -0.25) is 0 Å². The van der Waals surface area contributed by atoms with Crippen LogP contribution >= 0.6 is 0 Å². The minimum absolute atomic E-state index is 0.124. The molecule has 1 N–H and O–H groups in total. The summed E-state index contributed by atoms with van der Waals surface area (Å²) in [5.41, 5.74) is 2.24. The van der Waals surface area contributed by atoms with Gasteiger partial charge in [0, 0.05) is 31.4 Å². The summed E-state index contributed by atoms with van der Waals surface area (Å²) in [5, 5.41) is 9.01. The van der Waals surface area contributed by atoms with Gasteiger partial charge in [-0.2, -0.15) is 0 Å². The van der Waals surface area contributed by atoms with Crippen molar-refractivity contribution < 1.29 is 5.11 Å². The second-order valence-corrected chi connectivity index (χ2v) is 4.63. The Morgan fingerprint density at radius 1 is 1.25 bits per heavy atom. The first-order valence-corrected chi connectivity index (χ1v) is 5.85. The SMILES string of the molecule is CC1CN(C)CCN1c1ccc(CO)cc1. The van der Waals surface area contributed by atoms with E-state index in [-0.39, 0.29) is 6.61 Å². The molecule has 0 saturated carbocycles. The lowest BCUT2D eigenvalue weighted by atomic mass is 10.1. The van der Waals surface area contributed by atoms with Gasteiger partial charge in [0.05, 0.1) is 6.61 Å². The van der Waals surface area contributed by atoms with Crippen molar-refractivity contribution in [2.45, 2.75) is 19.6 Å². The van der Waals surface area contributed by atoms with E-state index in [1.165, 1.54) is 5.69 Å². The van der Waals surface area contributed by atoms with Gasteiger partial charge in [0.1, 0.15) is 0 Å². The largest absolute Gasteiger partial charge is 0.392 e. The first kappa shape index (κ1) is 11.4. The molecule has 0 aromatic heterocycles. The Hall–Kier alpha value is -1.06. The molecule has 0 spiro atoms. The first-order chi connectivity index (χ1) is 7.70. The fourth-order valence-corrected chi connectivity index (χ4v) is 2.32. The van der Waals surface area contributed by atoms with Gasteiger partial charge in [-0.15, -0.1) is 0 Å². The van der Waals surface area contributed by atoms with Crippen LogP contribution in [0.1, 0.15) is 12.5 Å². The summed E-state index contributed by atoms with van der Waals surface area (Å²) in [6.07, 6.45) is 0. The molecule has 0 bridgehead atoms. The predicted molar refractivity (Wildman–Crippen MR) is 66.7 cm³/mol. The van der Waals surface area contributed by atoms with Crippen molar-refractivity contribution in [3.8, 4) is 0 Å². The molecule has 1 atom stereocenters. The minimum Gasteiger partial charge on any atom is -0.392 e. The van der Waals surface area contributed by atoms with E-state index in [1.807, 2.05) is 12.1 Å². The van der Waals surface area contributed by atoms with E-state index in [1.54, 1.807) is 0 Å². The molecule has 1 aliphatic rings. The Morgan fingerprint density at radius 3 is 2.50 bits per heavy atom. The highest BCUT2D eigenvalue weighted by Gasteiger charge is 2.21. The van der Waals surface area contributed by atoms with E-state index in [2.05, 4.69) is 35.9 Å². The lowest BCUT2D eigenvalue weighted by Gasteiger charge is -2.39. The molecular weight excluding hydrogens is 200 g/mol. The van der Waals surface area contributed by atoms with Gasteiger partial charge >= 0.3 is 0 Å². The van der Waals surface area contributed by atoms with Crippen LogP contribution in [-0.4, -0.2) is 42.7 Å². The summed E-state index contributed by atoms with van der Waals surface area (Å²) in [5.74, 6) is 0. The standard InChI is InChI=1S/C13H20N2O/c1-11-9-14(2)7-8-15(11)13-5-3-12(10-16)4-6-13/h3-6,11,16H,7-10H2,1-2H3. The summed E-state index contributed by atoms with van der Waals surface area (Å²) in [6.45, 7) is 5.69. The Bertz CT molecular complexity index is 336. The fourth-order valence-electron chi connectivity index (χ4n) is 2.32. The fraction of sp³-hybridized carbons (Fsp3) is 0.538. The first-order valence-electron chi connectivity index (χ1n) is 5.85. The second-order valence-electron chi connectivity index (χ2n) is 4.63. The molecule has 1 aromatic carbocycles. The van der Waals surface area contributed by atoms with Crippen molar-refractivity contribution in [3.05, 3.63) is 29.8 Å². The summed E-state index contributed by atoms with van der Waals surface area (Å²) in [4.78, 5) is 4.80. The van der Waals surface area contributed by atoms with E-state index in [4.69, 9.17) is 5.11 Å². The Morgan fingerprint density at radius 2 is 1.94 bits per heavy atom. The van der Waals surface area contributed by atoms with Crippen LogP contribution in [0.2, 0.25) is 0 Å². The predicted octanol–water partition coefficient (Wildman–Crippen LogP) is 1.32. The quantitative estimate of drug-likeness (QED) is 0.814. The highest BCUT2D eigenvalue weighted by atomic mass is 16.3. The smallest absolute Gasteiger partial charge is 0.0681 e. The van der Waals surface area contributed by atoms with E-state index >= 15 is 0 Å². The molecule has 1 saturated heterocycles. The highest BCUT2D eigenvalue weighted by Crippen LogP contribution is 2.20. The number of piperazine rings is 1. The molecule has 1 fully saturated rings. The van der Waals surface area contributed by atoms with E-state index < -0.39 is 0 Å². The Balaban J connectivity index is 2.11. The summed E-state index contributed by atoms with van der Waals surface area (Å²) in [7, 11) is 2.17. The van der Waals surface area contributed by atoms with Crippen LogP contribution in [0.3, 0.4) is 0 Å². The number of rotatable bonds is 2.